The van der Waals surface area contributed by atoms with E-state index in [1.54, 1.807) is 26.0 Å². The van der Waals surface area contributed by atoms with Crippen molar-refractivity contribution in [1.29, 1.82) is 0 Å². The molecule has 2 amide bonds. The number of rotatable bonds is 4. The van der Waals surface area contributed by atoms with Gasteiger partial charge in [0.15, 0.2) is 0 Å². The predicted octanol–water partition coefficient (Wildman–Crippen LogP) is 1.35. The van der Waals surface area contributed by atoms with E-state index in [1.165, 1.54) is 12.1 Å². The lowest BCUT2D eigenvalue weighted by Gasteiger charge is -2.27. The van der Waals surface area contributed by atoms with Gasteiger partial charge in [0.05, 0.1) is 12.1 Å². The van der Waals surface area contributed by atoms with Crippen LogP contribution in [-0.4, -0.2) is 24.3 Å². The Balaban J connectivity index is 2.71. The Morgan fingerprint density at radius 1 is 1.47 bits per heavy atom. The van der Waals surface area contributed by atoms with Crippen molar-refractivity contribution in [3.63, 3.8) is 0 Å². The first-order valence-corrected chi connectivity index (χ1v) is 5.38. The summed E-state index contributed by atoms with van der Waals surface area (Å²) in [4.78, 5) is 11.4. The number of halogens is 1. The zero-order valence-electron chi connectivity index (χ0n) is 9.96. The van der Waals surface area contributed by atoms with Gasteiger partial charge in [-0.2, -0.15) is 0 Å². The van der Waals surface area contributed by atoms with Crippen LogP contribution in [0.15, 0.2) is 24.3 Å². The van der Waals surface area contributed by atoms with Gasteiger partial charge >= 0.3 is 6.03 Å². The third kappa shape index (κ3) is 4.03. The van der Waals surface area contributed by atoms with Crippen molar-refractivity contribution in [1.82, 2.24) is 10.6 Å². The molecule has 0 aromatic heterocycles. The number of carbonyl (C=O) groups is 1. The van der Waals surface area contributed by atoms with Gasteiger partial charge in [-0.05, 0) is 31.5 Å². The molecule has 0 aliphatic rings. The van der Waals surface area contributed by atoms with Crippen LogP contribution in [-0.2, 0) is 5.54 Å². The highest BCUT2D eigenvalue weighted by Crippen LogP contribution is 2.20. The average molecular weight is 240 g/mol. The molecule has 1 aromatic carbocycles. The fourth-order valence-corrected chi connectivity index (χ4v) is 1.45. The van der Waals surface area contributed by atoms with E-state index in [2.05, 4.69) is 10.6 Å². The molecule has 17 heavy (non-hydrogen) atoms. The summed E-state index contributed by atoms with van der Waals surface area (Å²) in [6.07, 6.45) is 0. The Labute approximate surface area is 99.8 Å². The highest BCUT2D eigenvalue weighted by molar-refractivity contribution is 5.74. The molecule has 0 fully saturated rings. The highest BCUT2D eigenvalue weighted by atomic mass is 19.1. The van der Waals surface area contributed by atoms with Gasteiger partial charge in [-0.1, -0.05) is 12.1 Å². The first-order chi connectivity index (χ1) is 7.95. The summed E-state index contributed by atoms with van der Waals surface area (Å²) < 4.78 is 13.1. The van der Waals surface area contributed by atoms with E-state index in [-0.39, 0.29) is 19.0 Å². The Morgan fingerprint density at radius 2 is 2.18 bits per heavy atom. The topological polar surface area (TPSA) is 61.4 Å². The minimum atomic E-state index is -0.679. The second-order valence-electron chi connectivity index (χ2n) is 4.24. The average Bonchev–Trinajstić information content (AvgIpc) is 2.26. The van der Waals surface area contributed by atoms with Crippen LogP contribution < -0.4 is 10.6 Å². The van der Waals surface area contributed by atoms with Crippen LogP contribution in [0.2, 0.25) is 0 Å². The van der Waals surface area contributed by atoms with Crippen LogP contribution >= 0.6 is 0 Å². The number of aliphatic hydroxyl groups excluding tert-OH is 1. The van der Waals surface area contributed by atoms with E-state index in [0.717, 1.165) is 0 Å². The van der Waals surface area contributed by atoms with Gasteiger partial charge in [0, 0.05) is 6.54 Å². The molecule has 4 nitrogen and oxygen atoms in total. The quantitative estimate of drug-likeness (QED) is 0.744. The van der Waals surface area contributed by atoms with E-state index in [4.69, 9.17) is 5.11 Å². The van der Waals surface area contributed by atoms with Gasteiger partial charge in [0.2, 0.25) is 0 Å². The number of carbonyl (C=O) groups excluding carboxylic acids is 1. The van der Waals surface area contributed by atoms with Crippen LogP contribution in [0, 0.1) is 5.82 Å². The van der Waals surface area contributed by atoms with Crippen molar-refractivity contribution in [2.45, 2.75) is 19.4 Å². The second kappa shape index (κ2) is 5.63. The Morgan fingerprint density at radius 3 is 2.76 bits per heavy atom. The molecule has 94 valence electrons. The lowest BCUT2D eigenvalue weighted by molar-refractivity contribution is 0.224. The molecular formula is C12H17FN2O2. The maximum atomic E-state index is 13.1. The molecule has 1 rings (SSSR count). The van der Waals surface area contributed by atoms with E-state index in [9.17, 15) is 9.18 Å². The van der Waals surface area contributed by atoms with E-state index in [0.29, 0.717) is 5.56 Å². The third-order valence-corrected chi connectivity index (χ3v) is 2.37. The minimum Gasteiger partial charge on any atom is -0.395 e. The first kappa shape index (κ1) is 13.4. The SMILES string of the molecule is CC(C)(NC(=O)NCCO)c1cccc(F)c1. The van der Waals surface area contributed by atoms with Crippen molar-refractivity contribution in [2.75, 3.05) is 13.2 Å². The van der Waals surface area contributed by atoms with Crippen LogP contribution in [0.25, 0.3) is 0 Å². The molecule has 0 saturated carbocycles. The van der Waals surface area contributed by atoms with E-state index >= 15 is 0 Å². The number of hydrogen-bond acceptors (Lipinski definition) is 2. The maximum absolute atomic E-state index is 13.1. The summed E-state index contributed by atoms with van der Waals surface area (Å²) in [5.41, 5.74) is -0.00148. The van der Waals surface area contributed by atoms with Crippen molar-refractivity contribution in [3.8, 4) is 0 Å². The number of nitrogens with one attached hydrogen (secondary N) is 2. The number of amides is 2. The standard InChI is InChI=1S/C12H17FN2O2/c1-12(2,15-11(17)14-6-7-16)9-4-3-5-10(13)8-9/h3-5,8,16H,6-7H2,1-2H3,(H2,14,15,17). The van der Waals surface area contributed by atoms with Crippen molar-refractivity contribution >= 4 is 6.03 Å². The predicted molar refractivity (Wildman–Crippen MR) is 63.0 cm³/mol. The summed E-state index contributed by atoms with van der Waals surface area (Å²) in [5.74, 6) is -0.340. The molecule has 5 heteroatoms. The lowest BCUT2D eigenvalue weighted by Crippen LogP contribution is -2.47. The summed E-state index contributed by atoms with van der Waals surface area (Å²) in [7, 11) is 0. The van der Waals surface area contributed by atoms with Crippen molar-refractivity contribution in [3.05, 3.63) is 35.6 Å². The number of aliphatic hydroxyl groups is 1. The van der Waals surface area contributed by atoms with Crippen LogP contribution in [0.1, 0.15) is 19.4 Å². The molecule has 0 aliphatic carbocycles. The number of benzene rings is 1. The fraction of sp³-hybridized carbons (Fsp3) is 0.417. The Hall–Kier alpha value is -1.62. The van der Waals surface area contributed by atoms with Gasteiger partial charge < -0.3 is 15.7 Å². The molecule has 0 heterocycles. The lowest BCUT2D eigenvalue weighted by atomic mass is 9.94. The van der Waals surface area contributed by atoms with Crippen LogP contribution in [0.3, 0.4) is 0 Å². The molecule has 0 saturated heterocycles. The molecule has 0 unspecified atom stereocenters. The Bertz CT molecular complexity index is 394. The summed E-state index contributed by atoms with van der Waals surface area (Å²) >= 11 is 0. The summed E-state index contributed by atoms with van der Waals surface area (Å²) in [5, 5.41) is 13.8. The molecule has 0 aliphatic heterocycles. The van der Waals surface area contributed by atoms with Crippen molar-refractivity contribution < 1.29 is 14.3 Å². The summed E-state index contributed by atoms with van der Waals surface area (Å²) in [6.45, 7) is 3.62. The van der Waals surface area contributed by atoms with Crippen molar-refractivity contribution in [2.24, 2.45) is 0 Å². The molecule has 3 N–H and O–H groups in total. The molecule has 0 bridgehead atoms. The highest BCUT2D eigenvalue weighted by Gasteiger charge is 2.22. The van der Waals surface area contributed by atoms with Crippen LogP contribution in [0.4, 0.5) is 9.18 Å². The second-order valence-corrected chi connectivity index (χ2v) is 4.24. The minimum absolute atomic E-state index is 0.117. The Kier molecular flexibility index (Phi) is 4.45. The van der Waals surface area contributed by atoms with Gasteiger partial charge in [-0.15, -0.1) is 0 Å². The largest absolute Gasteiger partial charge is 0.395 e. The monoisotopic (exact) mass is 240 g/mol. The molecule has 0 radical (unpaired) electrons. The maximum Gasteiger partial charge on any atom is 0.315 e. The molecule has 0 spiro atoms. The third-order valence-electron chi connectivity index (χ3n) is 2.37. The number of hydrogen-bond donors (Lipinski definition) is 3. The van der Waals surface area contributed by atoms with Crippen LogP contribution in [0.5, 0.6) is 0 Å². The zero-order valence-corrected chi connectivity index (χ0v) is 9.96. The van der Waals surface area contributed by atoms with Gasteiger partial charge in [-0.25, -0.2) is 9.18 Å². The van der Waals surface area contributed by atoms with E-state index in [1.807, 2.05) is 0 Å². The number of urea groups is 1. The summed E-state index contributed by atoms with van der Waals surface area (Å²) in [6, 6.07) is 5.68. The molecule has 0 atom stereocenters. The fourth-order valence-electron chi connectivity index (χ4n) is 1.45. The smallest absolute Gasteiger partial charge is 0.315 e. The molecule has 1 aromatic rings. The zero-order chi connectivity index (χ0) is 12.9. The van der Waals surface area contributed by atoms with E-state index < -0.39 is 11.6 Å². The van der Waals surface area contributed by atoms with Gasteiger partial charge in [-0.3, -0.25) is 0 Å². The first-order valence-electron chi connectivity index (χ1n) is 5.38. The van der Waals surface area contributed by atoms with Gasteiger partial charge in [0.25, 0.3) is 0 Å². The normalized spacial score (nSPS) is 11.1. The van der Waals surface area contributed by atoms with Gasteiger partial charge in [0.1, 0.15) is 5.82 Å². The molecular weight excluding hydrogens is 223 g/mol.